The van der Waals surface area contributed by atoms with E-state index in [9.17, 15) is 0 Å². The van der Waals surface area contributed by atoms with Crippen LogP contribution in [0, 0.1) is 6.92 Å². The molecule has 0 aliphatic rings. The summed E-state index contributed by atoms with van der Waals surface area (Å²) < 4.78 is 5.37. The molecule has 1 aromatic carbocycles. The van der Waals surface area contributed by atoms with Gasteiger partial charge in [0.15, 0.2) is 0 Å². The maximum absolute atomic E-state index is 5.97. The number of nitrogens with two attached hydrogens (primary N) is 1. The maximum Gasteiger partial charge on any atom is 0.122 e. The third kappa shape index (κ3) is 5.22. The predicted octanol–water partition coefficient (Wildman–Crippen LogP) is 3.45. The Morgan fingerprint density at radius 3 is 2.53 bits per heavy atom. The first-order valence-corrected chi connectivity index (χ1v) is 6.35. The molecule has 0 aromatic heterocycles. The number of methoxy groups -OCH3 is 1. The van der Waals surface area contributed by atoms with Crippen LogP contribution in [0.15, 0.2) is 18.2 Å². The lowest BCUT2D eigenvalue weighted by molar-refractivity contribution is 0.407. The van der Waals surface area contributed by atoms with Crippen molar-refractivity contribution in [2.24, 2.45) is 5.73 Å². The molecule has 2 nitrogen and oxygen atoms in total. The summed E-state index contributed by atoms with van der Waals surface area (Å²) in [5.41, 5.74) is 8.52. The SMILES string of the molecule is COc1ccc(C)cc1CCCCC(C)(C)N. The van der Waals surface area contributed by atoms with Gasteiger partial charge in [0.1, 0.15) is 5.75 Å². The van der Waals surface area contributed by atoms with Gasteiger partial charge in [0.05, 0.1) is 7.11 Å². The number of rotatable bonds is 6. The van der Waals surface area contributed by atoms with Crippen molar-refractivity contribution in [3.05, 3.63) is 29.3 Å². The van der Waals surface area contributed by atoms with Crippen LogP contribution in [0.4, 0.5) is 0 Å². The van der Waals surface area contributed by atoms with Crippen molar-refractivity contribution >= 4 is 0 Å². The number of aryl methyl sites for hydroxylation is 2. The lowest BCUT2D eigenvalue weighted by Gasteiger charge is -2.18. The van der Waals surface area contributed by atoms with E-state index in [1.165, 1.54) is 24.0 Å². The molecule has 0 unspecified atom stereocenters. The highest BCUT2D eigenvalue weighted by Crippen LogP contribution is 2.22. The van der Waals surface area contributed by atoms with Gasteiger partial charge in [-0.05, 0) is 51.7 Å². The van der Waals surface area contributed by atoms with Crippen molar-refractivity contribution in [3.63, 3.8) is 0 Å². The molecule has 0 aliphatic carbocycles. The molecule has 96 valence electrons. The van der Waals surface area contributed by atoms with Crippen LogP contribution in [0.1, 0.15) is 44.2 Å². The summed E-state index contributed by atoms with van der Waals surface area (Å²) >= 11 is 0. The van der Waals surface area contributed by atoms with Crippen LogP contribution < -0.4 is 10.5 Å². The van der Waals surface area contributed by atoms with Crippen molar-refractivity contribution in [2.45, 2.75) is 52.0 Å². The Labute approximate surface area is 105 Å². The molecule has 0 amide bonds. The highest BCUT2D eigenvalue weighted by atomic mass is 16.5. The van der Waals surface area contributed by atoms with Crippen LogP contribution in [0.3, 0.4) is 0 Å². The minimum Gasteiger partial charge on any atom is -0.496 e. The van der Waals surface area contributed by atoms with Crippen LogP contribution in [-0.4, -0.2) is 12.6 Å². The minimum atomic E-state index is -0.0449. The van der Waals surface area contributed by atoms with Crippen LogP contribution in [-0.2, 0) is 6.42 Å². The molecule has 17 heavy (non-hydrogen) atoms. The molecule has 0 saturated carbocycles. The van der Waals surface area contributed by atoms with Gasteiger partial charge in [-0.1, -0.05) is 24.1 Å². The topological polar surface area (TPSA) is 35.2 Å². The summed E-state index contributed by atoms with van der Waals surface area (Å²) in [5.74, 6) is 1.00. The maximum atomic E-state index is 5.97. The van der Waals surface area contributed by atoms with E-state index in [0.717, 1.165) is 18.6 Å². The zero-order valence-electron chi connectivity index (χ0n) is 11.5. The lowest BCUT2D eigenvalue weighted by Crippen LogP contribution is -2.31. The molecule has 1 rings (SSSR count). The van der Waals surface area contributed by atoms with E-state index in [2.05, 4.69) is 39.0 Å². The molecule has 0 radical (unpaired) electrons. The first-order chi connectivity index (χ1) is 7.92. The zero-order chi connectivity index (χ0) is 12.9. The molecule has 1 aromatic rings. The molecule has 2 heteroatoms. The summed E-state index contributed by atoms with van der Waals surface area (Å²) in [7, 11) is 1.73. The molecule has 0 fully saturated rings. The van der Waals surface area contributed by atoms with Gasteiger partial charge in [0.25, 0.3) is 0 Å². The monoisotopic (exact) mass is 235 g/mol. The Morgan fingerprint density at radius 2 is 1.94 bits per heavy atom. The van der Waals surface area contributed by atoms with E-state index in [0.29, 0.717) is 0 Å². The first-order valence-electron chi connectivity index (χ1n) is 6.35. The van der Waals surface area contributed by atoms with Crippen LogP contribution in [0.5, 0.6) is 5.75 Å². The average molecular weight is 235 g/mol. The van der Waals surface area contributed by atoms with E-state index in [1.807, 2.05) is 0 Å². The fraction of sp³-hybridized carbons (Fsp3) is 0.600. The van der Waals surface area contributed by atoms with Crippen molar-refractivity contribution in [1.82, 2.24) is 0 Å². The highest BCUT2D eigenvalue weighted by Gasteiger charge is 2.10. The lowest BCUT2D eigenvalue weighted by atomic mass is 9.96. The van der Waals surface area contributed by atoms with Gasteiger partial charge in [0.2, 0.25) is 0 Å². The van der Waals surface area contributed by atoms with Crippen LogP contribution >= 0.6 is 0 Å². The predicted molar refractivity (Wildman–Crippen MR) is 73.6 cm³/mol. The summed E-state index contributed by atoms with van der Waals surface area (Å²) in [6.07, 6.45) is 4.48. The Hall–Kier alpha value is -1.02. The third-order valence-electron chi connectivity index (χ3n) is 2.95. The molecule has 0 spiro atoms. The molecule has 0 bridgehead atoms. The largest absolute Gasteiger partial charge is 0.496 e. The molecule has 2 N–H and O–H groups in total. The third-order valence-corrected chi connectivity index (χ3v) is 2.95. The zero-order valence-corrected chi connectivity index (χ0v) is 11.5. The second-order valence-electron chi connectivity index (χ2n) is 5.51. The van der Waals surface area contributed by atoms with E-state index >= 15 is 0 Å². The normalized spacial score (nSPS) is 11.6. The van der Waals surface area contributed by atoms with Gasteiger partial charge >= 0.3 is 0 Å². The van der Waals surface area contributed by atoms with Crippen molar-refractivity contribution in [2.75, 3.05) is 7.11 Å². The quantitative estimate of drug-likeness (QED) is 0.766. The highest BCUT2D eigenvalue weighted by molar-refractivity contribution is 5.36. The van der Waals surface area contributed by atoms with Gasteiger partial charge in [-0.15, -0.1) is 0 Å². The molecule has 0 saturated heterocycles. The fourth-order valence-corrected chi connectivity index (χ4v) is 2.00. The van der Waals surface area contributed by atoms with Gasteiger partial charge < -0.3 is 10.5 Å². The van der Waals surface area contributed by atoms with Crippen molar-refractivity contribution in [1.29, 1.82) is 0 Å². The minimum absolute atomic E-state index is 0.0449. The number of benzene rings is 1. The Bertz CT molecular complexity index is 352. The van der Waals surface area contributed by atoms with Gasteiger partial charge in [-0.25, -0.2) is 0 Å². The second-order valence-corrected chi connectivity index (χ2v) is 5.51. The van der Waals surface area contributed by atoms with E-state index in [-0.39, 0.29) is 5.54 Å². The number of unbranched alkanes of at least 4 members (excludes halogenated alkanes) is 1. The molecule has 0 heterocycles. The summed E-state index contributed by atoms with van der Waals surface area (Å²) in [5, 5.41) is 0. The number of hydrogen-bond acceptors (Lipinski definition) is 2. The van der Waals surface area contributed by atoms with E-state index < -0.39 is 0 Å². The summed E-state index contributed by atoms with van der Waals surface area (Å²) in [4.78, 5) is 0. The molecular formula is C15H25NO. The van der Waals surface area contributed by atoms with Gasteiger partial charge in [-0.3, -0.25) is 0 Å². The Morgan fingerprint density at radius 1 is 1.24 bits per heavy atom. The number of hydrogen-bond donors (Lipinski definition) is 1. The molecule has 0 atom stereocenters. The Balaban J connectivity index is 2.48. The smallest absolute Gasteiger partial charge is 0.122 e. The van der Waals surface area contributed by atoms with Crippen molar-refractivity contribution < 1.29 is 4.74 Å². The summed E-state index contributed by atoms with van der Waals surface area (Å²) in [6, 6.07) is 6.36. The van der Waals surface area contributed by atoms with Gasteiger partial charge in [0, 0.05) is 5.54 Å². The van der Waals surface area contributed by atoms with E-state index in [4.69, 9.17) is 10.5 Å². The summed E-state index contributed by atoms with van der Waals surface area (Å²) in [6.45, 7) is 6.28. The van der Waals surface area contributed by atoms with Gasteiger partial charge in [-0.2, -0.15) is 0 Å². The van der Waals surface area contributed by atoms with Crippen LogP contribution in [0.2, 0.25) is 0 Å². The average Bonchev–Trinajstić information content (AvgIpc) is 2.23. The Kier molecular flexibility index (Phi) is 5.01. The van der Waals surface area contributed by atoms with Crippen molar-refractivity contribution in [3.8, 4) is 5.75 Å². The van der Waals surface area contributed by atoms with Crippen LogP contribution in [0.25, 0.3) is 0 Å². The standard InChI is InChI=1S/C15H25NO/c1-12-8-9-14(17-4)13(11-12)7-5-6-10-15(2,3)16/h8-9,11H,5-7,10,16H2,1-4H3. The molecule has 0 aliphatic heterocycles. The number of ether oxygens (including phenoxy) is 1. The second kappa shape index (κ2) is 6.06. The van der Waals surface area contributed by atoms with E-state index in [1.54, 1.807) is 7.11 Å². The fourth-order valence-electron chi connectivity index (χ4n) is 2.00. The molecular weight excluding hydrogens is 210 g/mol. The first kappa shape index (κ1) is 14.0.